The fraction of sp³-hybridized carbons (Fsp3) is 0.250. The highest BCUT2D eigenvalue weighted by atomic mass is 15.2. The summed E-state index contributed by atoms with van der Waals surface area (Å²) in [5.74, 6) is 0.862. The average Bonchev–Trinajstić information content (AvgIpc) is 2.90. The van der Waals surface area contributed by atoms with Gasteiger partial charge in [-0.2, -0.15) is 5.26 Å². The lowest BCUT2D eigenvalue weighted by Crippen LogP contribution is -2.23. The Balaban J connectivity index is 1.93. The largest absolute Gasteiger partial charge is 0.353 e. The SMILES string of the molecule is CN(c1cccc(C#N)n1)C1CCc2ccccc21. The topological polar surface area (TPSA) is 39.9 Å². The molecule has 19 heavy (non-hydrogen) atoms. The molecule has 1 aliphatic rings. The molecular weight excluding hydrogens is 234 g/mol. The lowest BCUT2D eigenvalue weighted by Gasteiger charge is -2.26. The van der Waals surface area contributed by atoms with E-state index in [2.05, 4.69) is 47.3 Å². The van der Waals surface area contributed by atoms with Gasteiger partial charge in [-0.15, -0.1) is 0 Å². The summed E-state index contributed by atoms with van der Waals surface area (Å²) in [6.45, 7) is 0. The van der Waals surface area contributed by atoms with Gasteiger partial charge in [-0.3, -0.25) is 0 Å². The molecule has 3 heteroatoms. The van der Waals surface area contributed by atoms with E-state index in [0.29, 0.717) is 11.7 Å². The van der Waals surface area contributed by atoms with Gasteiger partial charge in [0.15, 0.2) is 0 Å². The van der Waals surface area contributed by atoms with Crippen LogP contribution in [0.2, 0.25) is 0 Å². The first-order valence-electron chi connectivity index (χ1n) is 6.47. The van der Waals surface area contributed by atoms with Crippen LogP contribution in [0.1, 0.15) is 29.3 Å². The van der Waals surface area contributed by atoms with Crippen molar-refractivity contribution in [2.75, 3.05) is 11.9 Å². The van der Waals surface area contributed by atoms with Crippen LogP contribution < -0.4 is 4.90 Å². The van der Waals surface area contributed by atoms with Crippen molar-refractivity contribution in [3.63, 3.8) is 0 Å². The second kappa shape index (κ2) is 4.74. The van der Waals surface area contributed by atoms with Crippen LogP contribution in [-0.2, 0) is 6.42 Å². The number of benzene rings is 1. The van der Waals surface area contributed by atoms with Gasteiger partial charge >= 0.3 is 0 Å². The normalized spacial score (nSPS) is 16.7. The predicted molar refractivity (Wildman–Crippen MR) is 74.9 cm³/mol. The zero-order valence-electron chi connectivity index (χ0n) is 10.9. The van der Waals surface area contributed by atoms with E-state index < -0.39 is 0 Å². The molecular formula is C16H15N3. The summed E-state index contributed by atoms with van der Waals surface area (Å²) in [4.78, 5) is 6.55. The minimum atomic E-state index is 0.359. The summed E-state index contributed by atoms with van der Waals surface area (Å²) >= 11 is 0. The first-order valence-corrected chi connectivity index (χ1v) is 6.47. The molecule has 0 aliphatic heterocycles. The highest BCUT2D eigenvalue weighted by Gasteiger charge is 2.26. The molecule has 1 atom stereocenters. The zero-order valence-corrected chi connectivity index (χ0v) is 10.9. The number of aromatic nitrogens is 1. The highest BCUT2D eigenvalue weighted by Crippen LogP contribution is 2.36. The molecule has 2 aromatic rings. The number of rotatable bonds is 2. The van der Waals surface area contributed by atoms with Crippen LogP contribution in [0, 0.1) is 11.3 Å². The van der Waals surface area contributed by atoms with Gasteiger partial charge in [0, 0.05) is 7.05 Å². The van der Waals surface area contributed by atoms with Crippen LogP contribution >= 0.6 is 0 Å². The summed E-state index contributed by atoms with van der Waals surface area (Å²) in [6.07, 6.45) is 2.22. The third-order valence-corrected chi connectivity index (χ3v) is 3.78. The molecule has 0 N–H and O–H groups in total. The Morgan fingerprint density at radius 2 is 2.05 bits per heavy atom. The second-order valence-corrected chi connectivity index (χ2v) is 4.86. The third-order valence-electron chi connectivity index (χ3n) is 3.78. The molecule has 0 fully saturated rings. The number of anilines is 1. The summed E-state index contributed by atoms with van der Waals surface area (Å²) in [7, 11) is 2.05. The van der Waals surface area contributed by atoms with Crippen molar-refractivity contribution in [3.8, 4) is 6.07 Å². The number of fused-ring (bicyclic) bond motifs is 1. The Morgan fingerprint density at radius 1 is 1.21 bits per heavy atom. The molecule has 0 bridgehead atoms. The van der Waals surface area contributed by atoms with E-state index >= 15 is 0 Å². The third kappa shape index (κ3) is 2.06. The van der Waals surface area contributed by atoms with E-state index in [1.165, 1.54) is 11.1 Å². The lowest BCUT2D eigenvalue weighted by molar-refractivity contribution is 0.655. The number of pyridine rings is 1. The van der Waals surface area contributed by atoms with Crippen molar-refractivity contribution >= 4 is 5.82 Å². The van der Waals surface area contributed by atoms with E-state index in [0.717, 1.165) is 18.7 Å². The van der Waals surface area contributed by atoms with Gasteiger partial charge in [-0.1, -0.05) is 30.3 Å². The lowest BCUT2D eigenvalue weighted by atomic mass is 10.1. The monoisotopic (exact) mass is 249 g/mol. The molecule has 0 saturated heterocycles. The minimum Gasteiger partial charge on any atom is -0.353 e. The predicted octanol–water partition coefficient (Wildman–Crippen LogP) is 3.08. The fourth-order valence-electron chi connectivity index (χ4n) is 2.78. The van der Waals surface area contributed by atoms with Crippen molar-refractivity contribution in [2.45, 2.75) is 18.9 Å². The standard InChI is InChI=1S/C16H15N3/c1-19(16-8-4-6-13(11-17)18-16)15-10-9-12-5-2-3-7-14(12)15/h2-8,15H,9-10H2,1H3. The Bertz CT molecular complexity index is 642. The molecule has 0 saturated carbocycles. The highest BCUT2D eigenvalue weighted by molar-refractivity contribution is 5.47. The van der Waals surface area contributed by atoms with Crippen LogP contribution in [-0.4, -0.2) is 12.0 Å². The van der Waals surface area contributed by atoms with Crippen LogP contribution in [0.5, 0.6) is 0 Å². The van der Waals surface area contributed by atoms with Crippen molar-refractivity contribution in [2.24, 2.45) is 0 Å². The van der Waals surface area contributed by atoms with Crippen LogP contribution in [0.15, 0.2) is 42.5 Å². The maximum absolute atomic E-state index is 8.94. The first-order chi connectivity index (χ1) is 9.29. The van der Waals surface area contributed by atoms with Gasteiger partial charge in [0.05, 0.1) is 6.04 Å². The summed E-state index contributed by atoms with van der Waals surface area (Å²) in [5.41, 5.74) is 3.28. The molecule has 1 unspecified atom stereocenters. The Labute approximate surface area is 113 Å². The molecule has 3 nitrogen and oxygen atoms in total. The quantitative estimate of drug-likeness (QED) is 0.821. The van der Waals surface area contributed by atoms with Gasteiger partial charge < -0.3 is 4.90 Å². The van der Waals surface area contributed by atoms with Gasteiger partial charge in [0.2, 0.25) is 0 Å². The summed E-state index contributed by atoms with van der Waals surface area (Å²) in [6, 6.07) is 16.6. The molecule has 1 heterocycles. The van der Waals surface area contributed by atoms with Crippen LogP contribution in [0.3, 0.4) is 0 Å². The van der Waals surface area contributed by atoms with E-state index in [1.807, 2.05) is 12.1 Å². The summed E-state index contributed by atoms with van der Waals surface area (Å²) < 4.78 is 0. The molecule has 1 aromatic carbocycles. The van der Waals surface area contributed by atoms with Crippen molar-refractivity contribution in [1.82, 2.24) is 4.98 Å². The van der Waals surface area contributed by atoms with Gasteiger partial charge in [0.1, 0.15) is 17.6 Å². The van der Waals surface area contributed by atoms with Crippen molar-refractivity contribution in [3.05, 3.63) is 59.3 Å². The van der Waals surface area contributed by atoms with E-state index in [4.69, 9.17) is 5.26 Å². The summed E-state index contributed by atoms with van der Waals surface area (Å²) in [5, 5.41) is 8.94. The van der Waals surface area contributed by atoms with E-state index in [1.54, 1.807) is 6.07 Å². The number of hydrogen-bond donors (Lipinski definition) is 0. The zero-order chi connectivity index (χ0) is 13.2. The number of hydrogen-bond acceptors (Lipinski definition) is 3. The van der Waals surface area contributed by atoms with Gasteiger partial charge in [0.25, 0.3) is 0 Å². The van der Waals surface area contributed by atoms with Gasteiger partial charge in [-0.25, -0.2) is 4.98 Å². The molecule has 3 rings (SSSR count). The molecule has 0 radical (unpaired) electrons. The maximum atomic E-state index is 8.94. The Kier molecular flexibility index (Phi) is 2.92. The number of aryl methyl sites for hydroxylation is 1. The van der Waals surface area contributed by atoms with E-state index in [9.17, 15) is 0 Å². The molecule has 0 amide bonds. The molecule has 1 aliphatic carbocycles. The number of nitriles is 1. The Morgan fingerprint density at radius 3 is 2.89 bits per heavy atom. The fourth-order valence-corrected chi connectivity index (χ4v) is 2.78. The number of nitrogens with zero attached hydrogens (tertiary/aromatic N) is 3. The molecule has 0 spiro atoms. The second-order valence-electron chi connectivity index (χ2n) is 4.86. The average molecular weight is 249 g/mol. The van der Waals surface area contributed by atoms with Crippen LogP contribution in [0.4, 0.5) is 5.82 Å². The van der Waals surface area contributed by atoms with Crippen LogP contribution in [0.25, 0.3) is 0 Å². The minimum absolute atomic E-state index is 0.359. The van der Waals surface area contributed by atoms with Crippen molar-refractivity contribution in [1.29, 1.82) is 5.26 Å². The Hall–Kier alpha value is -2.34. The molecule has 94 valence electrons. The van der Waals surface area contributed by atoms with Crippen molar-refractivity contribution < 1.29 is 0 Å². The maximum Gasteiger partial charge on any atom is 0.142 e. The van der Waals surface area contributed by atoms with E-state index in [-0.39, 0.29) is 0 Å². The smallest absolute Gasteiger partial charge is 0.142 e. The van der Waals surface area contributed by atoms with Gasteiger partial charge in [-0.05, 0) is 36.1 Å². The molecule has 1 aromatic heterocycles. The first kappa shape index (κ1) is 11.7.